The number of nitrogens with one attached hydrogen (secondary N) is 2. The van der Waals surface area contributed by atoms with Crippen molar-refractivity contribution < 1.29 is 18.3 Å². The Balaban J connectivity index is 1.78. The Morgan fingerprint density at radius 2 is 2.00 bits per heavy atom. The Labute approximate surface area is 178 Å². The van der Waals surface area contributed by atoms with E-state index >= 15 is 0 Å². The van der Waals surface area contributed by atoms with Gasteiger partial charge in [0.1, 0.15) is 11.8 Å². The summed E-state index contributed by atoms with van der Waals surface area (Å²) in [5, 5.41) is 16.0. The second-order valence-corrected chi connectivity index (χ2v) is 7.51. The largest absolute Gasteiger partial charge is 0.435 e. The van der Waals surface area contributed by atoms with Gasteiger partial charge in [-0.3, -0.25) is 0 Å². The minimum Gasteiger partial charge on any atom is -0.435 e. The number of ether oxygens (including phenoxy) is 1. The number of hydrogen-bond acceptors (Lipinski definition) is 3. The van der Waals surface area contributed by atoms with Crippen LogP contribution in [0.5, 0.6) is 5.75 Å². The molecule has 0 unspecified atom stereocenters. The molecular formula is C23H22F2N4O2. The highest BCUT2D eigenvalue weighted by Crippen LogP contribution is 2.39. The van der Waals surface area contributed by atoms with E-state index in [4.69, 9.17) is 0 Å². The molecule has 6 nitrogen and oxygen atoms in total. The fourth-order valence-corrected chi connectivity index (χ4v) is 3.71. The molecule has 4 rings (SSSR count). The fourth-order valence-electron chi connectivity index (χ4n) is 3.71. The van der Waals surface area contributed by atoms with Crippen molar-refractivity contribution in [3.05, 3.63) is 48.0 Å². The van der Waals surface area contributed by atoms with Crippen molar-refractivity contribution in [1.82, 2.24) is 9.88 Å². The first-order valence-corrected chi connectivity index (χ1v) is 10.2. The third-order valence-corrected chi connectivity index (χ3v) is 5.26. The van der Waals surface area contributed by atoms with Gasteiger partial charge in [-0.25, -0.2) is 4.79 Å². The summed E-state index contributed by atoms with van der Waals surface area (Å²) in [4.78, 5) is 11.7. The van der Waals surface area contributed by atoms with Crippen LogP contribution in [0.1, 0.15) is 25.3 Å². The smallest absolute Gasteiger partial charge is 0.387 e. The predicted molar refractivity (Wildman–Crippen MR) is 114 cm³/mol. The van der Waals surface area contributed by atoms with Crippen LogP contribution in [-0.4, -0.2) is 23.8 Å². The molecule has 160 valence electrons. The summed E-state index contributed by atoms with van der Waals surface area (Å²) in [5.41, 5.74) is 3.37. The summed E-state index contributed by atoms with van der Waals surface area (Å²) >= 11 is 0. The molecule has 1 aromatic heterocycles. The van der Waals surface area contributed by atoms with E-state index in [1.165, 1.54) is 6.07 Å². The first-order valence-electron chi connectivity index (χ1n) is 10.2. The lowest BCUT2D eigenvalue weighted by atomic mass is 10.1. The minimum atomic E-state index is -2.91. The lowest BCUT2D eigenvalue weighted by Crippen LogP contribution is -2.28. The minimum absolute atomic E-state index is 0.0644. The highest BCUT2D eigenvalue weighted by atomic mass is 19.3. The highest BCUT2D eigenvalue weighted by molar-refractivity contribution is 5.96. The molecule has 1 aliphatic rings. The van der Waals surface area contributed by atoms with Gasteiger partial charge in [0.15, 0.2) is 0 Å². The maximum atomic E-state index is 12.7. The van der Waals surface area contributed by atoms with Gasteiger partial charge < -0.3 is 19.9 Å². The van der Waals surface area contributed by atoms with E-state index in [-0.39, 0.29) is 11.8 Å². The van der Waals surface area contributed by atoms with Crippen LogP contribution in [0.2, 0.25) is 0 Å². The van der Waals surface area contributed by atoms with Crippen LogP contribution in [0.3, 0.4) is 0 Å². The number of carbonyl (C=O) groups is 1. The number of amides is 2. The Hall–Kier alpha value is -3.60. The summed E-state index contributed by atoms with van der Waals surface area (Å²) in [6, 6.07) is 13.9. The van der Waals surface area contributed by atoms with Gasteiger partial charge in [0.25, 0.3) is 0 Å². The molecule has 2 N–H and O–H groups in total. The van der Waals surface area contributed by atoms with Gasteiger partial charge in [-0.2, -0.15) is 14.0 Å². The zero-order valence-corrected chi connectivity index (χ0v) is 17.0. The molecule has 0 radical (unpaired) electrons. The Kier molecular flexibility index (Phi) is 5.76. The SMILES string of the molecule is CCNC(=O)Nc1ccc(-c2c(C#N)c3ccc(OC(F)F)cc3n2CC2CC2)cc1. The first kappa shape index (κ1) is 20.7. The van der Waals surface area contributed by atoms with Gasteiger partial charge in [0.2, 0.25) is 0 Å². The van der Waals surface area contributed by atoms with Crippen LogP contribution in [-0.2, 0) is 6.54 Å². The van der Waals surface area contributed by atoms with Crippen molar-refractivity contribution in [1.29, 1.82) is 5.26 Å². The van der Waals surface area contributed by atoms with Gasteiger partial charge in [-0.05, 0) is 55.5 Å². The second kappa shape index (κ2) is 8.64. The van der Waals surface area contributed by atoms with Crippen LogP contribution in [0.4, 0.5) is 19.3 Å². The van der Waals surface area contributed by atoms with Crippen molar-refractivity contribution in [2.45, 2.75) is 32.9 Å². The molecule has 3 aromatic rings. The molecule has 0 aliphatic heterocycles. The standard InChI is InChI=1S/C23H22F2N4O2/c1-2-27-23(30)28-16-7-5-15(6-8-16)21-19(12-26)18-10-9-17(31-22(24)25)11-20(18)29(21)13-14-3-4-14/h5-11,14,22H,2-4,13H2,1H3,(H2,27,28,30). The topological polar surface area (TPSA) is 79.1 Å². The van der Waals surface area contributed by atoms with Crippen molar-refractivity contribution in [2.75, 3.05) is 11.9 Å². The molecule has 0 saturated heterocycles. The monoisotopic (exact) mass is 424 g/mol. The van der Waals surface area contributed by atoms with Crippen LogP contribution in [0.15, 0.2) is 42.5 Å². The molecule has 0 spiro atoms. The second-order valence-electron chi connectivity index (χ2n) is 7.51. The summed E-state index contributed by atoms with van der Waals surface area (Å²) in [5.74, 6) is 0.564. The highest BCUT2D eigenvalue weighted by Gasteiger charge is 2.27. The third kappa shape index (κ3) is 4.45. The third-order valence-electron chi connectivity index (χ3n) is 5.26. The van der Waals surface area contributed by atoms with E-state index in [1.54, 1.807) is 24.3 Å². The Bertz CT molecular complexity index is 1150. The Morgan fingerprint density at radius 1 is 1.26 bits per heavy atom. The maximum Gasteiger partial charge on any atom is 0.387 e. The zero-order valence-electron chi connectivity index (χ0n) is 17.0. The van der Waals surface area contributed by atoms with Crippen molar-refractivity contribution >= 4 is 22.6 Å². The number of alkyl halides is 2. The summed E-state index contributed by atoms with van der Waals surface area (Å²) in [6.45, 7) is 0.144. The molecule has 31 heavy (non-hydrogen) atoms. The summed E-state index contributed by atoms with van der Waals surface area (Å²) in [7, 11) is 0. The number of anilines is 1. The molecule has 1 fully saturated rings. The average molecular weight is 424 g/mol. The van der Waals surface area contributed by atoms with E-state index < -0.39 is 6.61 Å². The number of urea groups is 1. The van der Waals surface area contributed by atoms with Crippen LogP contribution in [0.25, 0.3) is 22.2 Å². The molecule has 1 heterocycles. The van der Waals surface area contributed by atoms with Crippen molar-refractivity contribution in [3.8, 4) is 23.1 Å². The van der Waals surface area contributed by atoms with Crippen LogP contribution < -0.4 is 15.4 Å². The first-order chi connectivity index (χ1) is 15.0. The van der Waals surface area contributed by atoms with E-state index in [9.17, 15) is 18.8 Å². The molecule has 1 saturated carbocycles. The van der Waals surface area contributed by atoms with Gasteiger partial charge in [-0.15, -0.1) is 0 Å². The molecule has 0 bridgehead atoms. The fraction of sp³-hybridized carbons (Fsp3) is 0.304. The zero-order chi connectivity index (χ0) is 22.0. The number of hydrogen-bond donors (Lipinski definition) is 2. The van der Waals surface area contributed by atoms with Gasteiger partial charge in [0.05, 0.1) is 16.8 Å². The van der Waals surface area contributed by atoms with Crippen molar-refractivity contribution in [2.24, 2.45) is 5.92 Å². The number of halogens is 2. The predicted octanol–water partition coefficient (Wildman–Crippen LogP) is 5.33. The van der Waals surface area contributed by atoms with Crippen LogP contribution in [0, 0.1) is 17.2 Å². The molecule has 0 atom stereocenters. The van der Waals surface area contributed by atoms with E-state index in [0.29, 0.717) is 41.2 Å². The molecule has 1 aliphatic carbocycles. The molecule has 2 aromatic carbocycles. The lowest BCUT2D eigenvalue weighted by molar-refractivity contribution is -0.0497. The number of benzene rings is 2. The number of rotatable bonds is 7. The van der Waals surface area contributed by atoms with Gasteiger partial charge >= 0.3 is 12.6 Å². The number of nitrogens with zero attached hydrogens (tertiary/aromatic N) is 2. The lowest BCUT2D eigenvalue weighted by Gasteiger charge is -2.12. The number of aromatic nitrogens is 1. The number of carbonyl (C=O) groups excluding carboxylic acids is 1. The normalized spacial score (nSPS) is 13.3. The van der Waals surface area contributed by atoms with Crippen LogP contribution >= 0.6 is 0 Å². The Morgan fingerprint density at radius 3 is 2.61 bits per heavy atom. The van der Waals surface area contributed by atoms with E-state index in [2.05, 4.69) is 21.4 Å². The number of fused-ring (bicyclic) bond motifs is 1. The molecular weight excluding hydrogens is 402 g/mol. The summed E-state index contributed by atoms with van der Waals surface area (Å²) < 4.78 is 32.0. The number of nitriles is 1. The molecule has 8 heteroatoms. The van der Waals surface area contributed by atoms with Crippen molar-refractivity contribution in [3.63, 3.8) is 0 Å². The maximum absolute atomic E-state index is 12.7. The van der Waals surface area contributed by atoms with E-state index in [1.807, 2.05) is 23.6 Å². The van der Waals surface area contributed by atoms with Gasteiger partial charge in [0, 0.05) is 30.2 Å². The van der Waals surface area contributed by atoms with E-state index in [0.717, 1.165) is 24.1 Å². The quantitative estimate of drug-likeness (QED) is 0.538. The summed E-state index contributed by atoms with van der Waals surface area (Å²) in [6.07, 6.45) is 2.20. The molecule has 2 amide bonds. The van der Waals surface area contributed by atoms with Gasteiger partial charge in [-0.1, -0.05) is 12.1 Å². The average Bonchev–Trinajstić information content (AvgIpc) is 3.50.